The standard InChI is InChI=1S/C21H17FN2O2S/c22-15-7-5-14(6-8-15)21-23-16(13-27-21)9-10-20(25)24-18-11-12-26-19-4-2-1-3-17(18)19/h1-10,13,18H,11-12H2,(H,24,25)/b10-9+. The molecule has 27 heavy (non-hydrogen) atoms. The summed E-state index contributed by atoms with van der Waals surface area (Å²) >= 11 is 1.45. The molecule has 0 bridgehead atoms. The van der Waals surface area contributed by atoms with E-state index in [1.54, 1.807) is 18.2 Å². The van der Waals surface area contributed by atoms with Gasteiger partial charge in [-0.2, -0.15) is 0 Å². The van der Waals surface area contributed by atoms with Crippen LogP contribution in [-0.2, 0) is 4.79 Å². The van der Waals surface area contributed by atoms with Crippen LogP contribution in [0.3, 0.4) is 0 Å². The number of ether oxygens (including phenoxy) is 1. The van der Waals surface area contributed by atoms with Crippen LogP contribution in [0, 0.1) is 5.82 Å². The largest absolute Gasteiger partial charge is 0.493 e. The fourth-order valence-electron chi connectivity index (χ4n) is 2.96. The number of halogens is 1. The van der Waals surface area contributed by atoms with Crippen molar-refractivity contribution in [1.82, 2.24) is 10.3 Å². The molecule has 1 unspecified atom stereocenters. The number of carbonyl (C=O) groups is 1. The van der Waals surface area contributed by atoms with Gasteiger partial charge in [-0.05, 0) is 36.4 Å². The molecule has 1 atom stereocenters. The average Bonchev–Trinajstić information content (AvgIpc) is 3.16. The molecule has 4 rings (SSSR count). The van der Waals surface area contributed by atoms with Gasteiger partial charge in [0.1, 0.15) is 16.6 Å². The molecule has 1 aliphatic rings. The summed E-state index contributed by atoms with van der Waals surface area (Å²) < 4.78 is 18.6. The Morgan fingerprint density at radius 1 is 1.22 bits per heavy atom. The highest BCUT2D eigenvalue weighted by Crippen LogP contribution is 2.31. The van der Waals surface area contributed by atoms with Gasteiger partial charge in [0.05, 0.1) is 18.3 Å². The molecule has 0 radical (unpaired) electrons. The third-order valence-electron chi connectivity index (χ3n) is 4.29. The van der Waals surface area contributed by atoms with Crippen molar-refractivity contribution in [2.24, 2.45) is 0 Å². The summed E-state index contributed by atoms with van der Waals surface area (Å²) in [5.41, 5.74) is 2.55. The molecule has 4 nitrogen and oxygen atoms in total. The Bertz CT molecular complexity index is 982. The van der Waals surface area contributed by atoms with E-state index in [4.69, 9.17) is 4.74 Å². The van der Waals surface area contributed by atoms with Gasteiger partial charge in [-0.15, -0.1) is 11.3 Å². The van der Waals surface area contributed by atoms with Crippen molar-refractivity contribution in [1.29, 1.82) is 0 Å². The number of amides is 1. The quantitative estimate of drug-likeness (QED) is 0.673. The first-order chi connectivity index (χ1) is 13.2. The topological polar surface area (TPSA) is 51.2 Å². The third-order valence-corrected chi connectivity index (χ3v) is 5.20. The first kappa shape index (κ1) is 17.4. The maximum absolute atomic E-state index is 13.0. The van der Waals surface area contributed by atoms with Gasteiger partial charge in [0.2, 0.25) is 5.91 Å². The van der Waals surface area contributed by atoms with E-state index >= 15 is 0 Å². The van der Waals surface area contributed by atoms with Gasteiger partial charge >= 0.3 is 0 Å². The molecule has 2 heterocycles. The summed E-state index contributed by atoms with van der Waals surface area (Å²) in [5, 5.41) is 5.67. The van der Waals surface area contributed by atoms with E-state index in [9.17, 15) is 9.18 Å². The van der Waals surface area contributed by atoms with E-state index in [2.05, 4.69) is 10.3 Å². The maximum Gasteiger partial charge on any atom is 0.244 e. The molecular weight excluding hydrogens is 363 g/mol. The number of nitrogens with zero attached hydrogens (tertiary/aromatic N) is 1. The van der Waals surface area contributed by atoms with Gasteiger partial charge in [-0.3, -0.25) is 4.79 Å². The van der Waals surface area contributed by atoms with Crippen LogP contribution in [0.2, 0.25) is 0 Å². The maximum atomic E-state index is 13.0. The van der Waals surface area contributed by atoms with Crippen LogP contribution in [0.25, 0.3) is 16.6 Å². The van der Waals surface area contributed by atoms with Gasteiger partial charge in [0, 0.05) is 29.0 Å². The summed E-state index contributed by atoms with van der Waals surface area (Å²) in [7, 11) is 0. The second kappa shape index (κ2) is 7.72. The van der Waals surface area contributed by atoms with Gasteiger partial charge in [0.15, 0.2) is 0 Å². The molecular formula is C21H17FN2O2S. The third kappa shape index (κ3) is 4.06. The van der Waals surface area contributed by atoms with E-state index in [-0.39, 0.29) is 17.8 Å². The minimum atomic E-state index is -0.276. The van der Waals surface area contributed by atoms with Crippen molar-refractivity contribution in [3.63, 3.8) is 0 Å². The smallest absolute Gasteiger partial charge is 0.244 e. The zero-order valence-corrected chi connectivity index (χ0v) is 15.2. The molecule has 0 aliphatic carbocycles. The zero-order valence-electron chi connectivity index (χ0n) is 14.4. The van der Waals surface area contributed by atoms with E-state index in [0.717, 1.165) is 28.3 Å². The first-order valence-corrected chi connectivity index (χ1v) is 9.49. The Morgan fingerprint density at radius 3 is 2.89 bits per heavy atom. The molecule has 2 aromatic carbocycles. The van der Waals surface area contributed by atoms with Crippen LogP contribution < -0.4 is 10.1 Å². The Hall–Kier alpha value is -2.99. The lowest BCUT2D eigenvalue weighted by Crippen LogP contribution is -2.30. The Balaban J connectivity index is 1.42. The van der Waals surface area contributed by atoms with Crippen molar-refractivity contribution < 1.29 is 13.9 Å². The van der Waals surface area contributed by atoms with Crippen molar-refractivity contribution >= 4 is 23.3 Å². The molecule has 1 aliphatic heterocycles. The van der Waals surface area contributed by atoms with E-state index in [1.165, 1.54) is 29.5 Å². The molecule has 1 aromatic heterocycles. The number of para-hydroxylation sites is 1. The molecule has 6 heteroatoms. The zero-order chi connectivity index (χ0) is 18.6. The summed E-state index contributed by atoms with van der Waals surface area (Å²) in [6, 6.07) is 13.9. The van der Waals surface area contributed by atoms with Gasteiger partial charge in [0.25, 0.3) is 0 Å². The van der Waals surface area contributed by atoms with Gasteiger partial charge < -0.3 is 10.1 Å². The van der Waals surface area contributed by atoms with Gasteiger partial charge in [-0.25, -0.2) is 9.37 Å². The molecule has 0 spiro atoms. The molecule has 0 saturated heterocycles. The molecule has 3 aromatic rings. The summed E-state index contributed by atoms with van der Waals surface area (Å²) in [5.74, 6) is 0.372. The Labute approximate surface area is 160 Å². The number of nitrogens with one attached hydrogen (secondary N) is 1. The van der Waals surface area contributed by atoms with E-state index < -0.39 is 0 Å². The number of aromatic nitrogens is 1. The summed E-state index contributed by atoms with van der Waals surface area (Å²) in [4.78, 5) is 16.8. The highest BCUT2D eigenvalue weighted by molar-refractivity contribution is 7.13. The molecule has 1 N–H and O–H groups in total. The predicted octanol–water partition coefficient (Wildman–Crippen LogP) is 4.60. The van der Waals surface area contributed by atoms with Crippen LogP contribution in [0.1, 0.15) is 23.7 Å². The lowest BCUT2D eigenvalue weighted by Gasteiger charge is -2.26. The number of benzene rings is 2. The van der Waals surface area contributed by atoms with Crippen molar-refractivity contribution in [3.05, 3.63) is 77.1 Å². The molecule has 0 saturated carbocycles. The van der Waals surface area contributed by atoms with Crippen molar-refractivity contribution in [2.75, 3.05) is 6.61 Å². The highest BCUT2D eigenvalue weighted by Gasteiger charge is 2.21. The average molecular weight is 380 g/mol. The van der Waals surface area contributed by atoms with Crippen LogP contribution >= 0.6 is 11.3 Å². The lowest BCUT2D eigenvalue weighted by molar-refractivity contribution is -0.117. The molecule has 0 fully saturated rings. The fourth-order valence-corrected chi connectivity index (χ4v) is 3.75. The van der Waals surface area contributed by atoms with Crippen molar-refractivity contribution in [2.45, 2.75) is 12.5 Å². The minimum absolute atomic E-state index is 0.0580. The normalized spacial score (nSPS) is 16.0. The van der Waals surface area contributed by atoms with Crippen LogP contribution in [0.4, 0.5) is 4.39 Å². The summed E-state index contributed by atoms with van der Waals surface area (Å²) in [6.45, 7) is 0.582. The van der Waals surface area contributed by atoms with Gasteiger partial charge in [-0.1, -0.05) is 18.2 Å². The number of thiazole rings is 1. The van der Waals surface area contributed by atoms with E-state index in [1.807, 2.05) is 29.6 Å². The van der Waals surface area contributed by atoms with Crippen LogP contribution in [0.15, 0.2) is 60.0 Å². The second-order valence-corrected chi connectivity index (χ2v) is 7.01. The van der Waals surface area contributed by atoms with Crippen LogP contribution in [-0.4, -0.2) is 17.5 Å². The number of fused-ring (bicyclic) bond motifs is 1. The number of rotatable bonds is 4. The first-order valence-electron chi connectivity index (χ1n) is 8.61. The lowest BCUT2D eigenvalue weighted by atomic mass is 10.0. The molecule has 136 valence electrons. The highest BCUT2D eigenvalue weighted by atomic mass is 32.1. The monoisotopic (exact) mass is 380 g/mol. The fraction of sp³-hybridized carbons (Fsp3) is 0.143. The Morgan fingerprint density at radius 2 is 2.04 bits per heavy atom. The van der Waals surface area contributed by atoms with Crippen LogP contribution in [0.5, 0.6) is 5.75 Å². The number of carbonyl (C=O) groups excluding carboxylic acids is 1. The predicted molar refractivity (Wildman–Crippen MR) is 104 cm³/mol. The Kier molecular flexibility index (Phi) is 4.98. The number of hydrogen-bond donors (Lipinski definition) is 1. The second-order valence-electron chi connectivity index (χ2n) is 6.15. The number of hydrogen-bond acceptors (Lipinski definition) is 4. The minimum Gasteiger partial charge on any atom is -0.493 e. The molecule has 1 amide bonds. The van der Waals surface area contributed by atoms with E-state index in [0.29, 0.717) is 12.3 Å². The SMILES string of the molecule is O=C(/C=C/c1csc(-c2ccc(F)cc2)n1)NC1CCOc2ccccc21. The van der Waals surface area contributed by atoms with Crippen molar-refractivity contribution in [3.8, 4) is 16.3 Å². The summed E-state index contributed by atoms with van der Waals surface area (Å²) in [6.07, 6.45) is 3.91.